The lowest BCUT2D eigenvalue weighted by molar-refractivity contribution is 0.102. The Labute approximate surface area is 180 Å². The zero-order valence-corrected chi connectivity index (χ0v) is 18.0. The van der Waals surface area contributed by atoms with Gasteiger partial charge in [-0.05, 0) is 54.7 Å². The summed E-state index contributed by atoms with van der Waals surface area (Å²) < 4.78 is 32.9. The first-order valence-corrected chi connectivity index (χ1v) is 11.4. The second-order valence-electron chi connectivity index (χ2n) is 7.87. The van der Waals surface area contributed by atoms with Crippen LogP contribution in [0.25, 0.3) is 11.6 Å². The lowest BCUT2D eigenvalue weighted by Crippen LogP contribution is -2.42. The molecule has 1 amide bonds. The number of aromatic nitrogens is 3. The molecule has 0 spiro atoms. The number of amides is 1. The highest BCUT2D eigenvalue weighted by molar-refractivity contribution is 7.89. The molecular formula is C21H23N5O4S. The summed E-state index contributed by atoms with van der Waals surface area (Å²) in [6, 6.07) is 11.0. The fraction of sp³-hybridized carbons (Fsp3) is 0.333. The van der Waals surface area contributed by atoms with E-state index in [1.165, 1.54) is 28.6 Å². The molecule has 9 nitrogen and oxygen atoms in total. The van der Waals surface area contributed by atoms with Crippen LogP contribution >= 0.6 is 0 Å². The molecule has 1 aliphatic heterocycles. The van der Waals surface area contributed by atoms with E-state index in [4.69, 9.17) is 4.42 Å². The summed E-state index contributed by atoms with van der Waals surface area (Å²) >= 11 is 0. The Morgan fingerprint density at radius 1 is 1.06 bits per heavy atom. The number of pyridine rings is 1. The van der Waals surface area contributed by atoms with E-state index in [9.17, 15) is 13.2 Å². The minimum atomic E-state index is -3.60. The maximum Gasteiger partial charge on any atom is 0.322 e. The van der Waals surface area contributed by atoms with Gasteiger partial charge in [-0.3, -0.25) is 15.1 Å². The van der Waals surface area contributed by atoms with Crippen molar-refractivity contribution in [3.8, 4) is 11.6 Å². The summed E-state index contributed by atoms with van der Waals surface area (Å²) in [6.07, 6.45) is 2.61. The molecule has 1 aliphatic rings. The molecule has 0 aliphatic carbocycles. The summed E-state index contributed by atoms with van der Waals surface area (Å²) in [5.41, 5.74) is 0.767. The van der Waals surface area contributed by atoms with Gasteiger partial charge in [0, 0.05) is 24.8 Å². The van der Waals surface area contributed by atoms with Crippen molar-refractivity contribution < 1.29 is 17.6 Å². The third-order valence-electron chi connectivity index (χ3n) is 5.12. The Morgan fingerprint density at radius 3 is 2.42 bits per heavy atom. The van der Waals surface area contributed by atoms with E-state index in [1.54, 1.807) is 24.4 Å². The van der Waals surface area contributed by atoms with Gasteiger partial charge in [0.2, 0.25) is 10.0 Å². The van der Waals surface area contributed by atoms with Crippen LogP contribution in [-0.4, -0.2) is 46.9 Å². The standard InChI is InChI=1S/C21H23N5O4S/c1-14-11-15(2)13-26(12-14)31(28,29)17-8-6-16(7-9-17)19(27)23-21-25-24-20(30-21)18-5-3-4-10-22-18/h3-10,14-15H,11-13H2,1-2H3,(H,23,25,27)/t14-,15-/m0/s1. The number of hydrogen-bond donors (Lipinski definition) is 1. The molecule has 162 valence electrons. The van der Waals surface area contributed by atoms with Crippen LogP contribution in [0, 0.1) is 11.8 Å². The molecule has 10 heteroatoms. The number of nitrogens with zero attached hydrogens (tertiary/aromatic N) is 4. The van der Waals surface area contributed by atoms with E-state index in [1.807, 2.05) is 0 Å². The van der Waals surface area contributed by atoms with Crippen LogP contribution in [0.4, 0.5) is 6.01 Å². The first-order valence-electron chi connectivity index (χ1n) is 9.99. The van der Waals surface area contributed by atoms with E-state index in [2.05, 4.69) is 34.3 Å². The third-order valence-corrected chi connectivity index (χ3v) is 6.96. The van der Waals surface area contributed by atoms with Crippen molar-refractivity contribution >= 4 is 21.9 Å². The lowest BCUT2D eigenvalue weighted by Gasteiger charge is -2.34. The van der Waals surface area contributed by atoms with Gasteiger partial charge in [0.15, 0.2) is 0 Å². The number of sulfonamides is 1. The zero-order valence-electron chi connectivity index (χ0n) is 17.2. The fourth-order valence-corrected chi connectivity index (χ4v) is 5.44. The number of benzene rings is 1. The van der Waals surface area contributed by atoms with Crippen molar-refractivity contribution in [2.75, 3.05) is 18.4 Å². The molecule has 1 saturated heterocycles. The Hall–Kier alpha value is -3.11. The van der Waals surface area contributed by atoms with E-state index in [0.29, 0.717) is 30.6 Å². The fourth-order valence-electron chi connectivity index (χ4n) is 3.77. The molecule has 1 aromatic carbocycles. The molecule has 0 bridgehead atoms. The maximum absolute atomic E-state index is 13.0. The van der Waals surface area contributed by atoms with Crippen LogP contribution in [0.3, 0.4) is 0 Å². The van der Waals surface area contributed by atoms with Crippen molar-refractivity contribution in [3.05, 3.63) is 54.2 Å². The average molecular weight is 442 g/mol. The van der Waals surface area contributed by atoms with Crippen LogP contribution in [0.1, 0.15) is 30.6 Å². The normalized spacial score (nSPS) is 19.8. The van der Waals surface area contributed by atoms with Gasteiger partial charge in [0.05, 0.1) is 4.90 Å². The van der Waals surface area contributed by atoms with Crippen LogP contribution in [0.2, 0.25) is 0 Å². The minimum Gasteiger partial charge on any atom is -0.401 e. The minimum absolute atomic E-state index is 0.0707. The van der Waals surface area contributed by atoms with Crippen molar-refractivity contribution in [2.24, 2.45) is 11.8 Å². The molecule has 2 aromatic heterocycles. The smallest absolute Gasteiger partial charge is 0.322 e. The quantitative estimate of drug-likeness (QED) is 0.646. The molecule has 2 atom stereocenters. The highest BCUT2D eigenvalue weighted by Gasteiger charge is 2.31. The molecule has 0 unspecified atom stereocenters. The predicted molar refractivity (Wildman–Crippen MR) is 114 cm³/mol. The van der Waals surface area contributed by atoms with Gasteiger partial charge in [-0.2, -0.15) is 4.31 Å². The molecular weight excluding hydrogens is 418 g/mol. The molecule has 1 fully saturated rings. The van der Waals surface area contributed by atoms with Crippen LogP contribution in [0.5, 0.6) is 0 Å². The molecule has 3 aromatic rings. The molecule has 31 heavy (non-hydrogen) atoms. The molecule has 4 rings (SSSR count). The van der Waals surface area contributed by atoms with Gasteiger partial charge in [-0.15, -0.1) is 5.10 Å². The van der Waals surface area contributed by atoms with Gasteiger partial charge in [0.1, 0.15) is 5.69 Å². The summed E-state index contributed by atoms with van der Waals surface area (Å²) in [4.78, 5) is 16.8. The number of nitrogens with one attached hydrogen (secondary N) is 1. The predicted octanol–water partition coefficient (Wildman–Crippen LogP) is 3.05. The van der Waals surface area contributed by atoms with E-state index < -0.39 is 15.9 Å². The van der Waals surface area contributed by atoms with Crippen molar-refractivity contribution in [2.45, 2.75) is 25.2 Å². The van der Waals surface area contributed by atoms with Gasteiger partial charge in [0.25, 0.3) is 11.8 Å². The lowest BCUT2D eigenvalue weighted by atomic mass is 9.94. The van der Waals surface area contributed by atoms with Gasteiger partial charge in [-0.25, -0.2) is 8.42 Å². The monoisotopic (exact) mass is 441 g/mol. The molecule has 0 saturated carbocycles. The van der Waals surface area contributed by atoms with Crippen LogP contribution in [0.15, 0.2) is 58.0 Å². The average Bonchev–Trinajstić information content (AvgIpc) is 3.22. The molecule has 3 heterocycles. The molecule has 0 radical (unpaired) electrons. The Balaban J connectivity index is 1.45. The zero-order chi connectivity index (χ0) is 22.0. The number of piperidine rings is 1. The second kappa shape index (κ2) is 8.56. The van der Waals surface area contributed by atoms with Crippen LogP contribution < -0.4 is 5.32 Å². The van der Waals surface area contributed by atoms with Crippen molar-refractivity contribution in [3.63, 3.8) is 0 Å². The highest BCUT2D eigenvalue weighted by atomic mass is 32.2. The Morgan fingerprint density at radius 2 is 1.77 bits per heavy atom. The summed E-state index contributed by atoms with van der Waals surface area (Å²) in [5.74, 6) is 0.325. The van der Waals surface area contributed by atoms with E-state index in [-0.39, 0.29) is 22.4 Å². The van der Waals surface area contributed by atoms with Gasteiger partial charge < -0.3 is 4.42 Å². The number of anilines is 1. The van der Waals surface area contributed by atoms with Crippen LogP contribution in [-0.2, 0) is 10.0 Å². The maximum atomic E-state index is 13.0. The number of rotatable bonds is 5. The first kappa shape index (κ1) is 21.1. The van der Waals surface area contributed by atoms with E-state index >= 15 is 0 Å². The summed E-state index contributed by atoms with van der Waals surface area (Å²) in [7, 11) is -3.60. The highest BCUT2D eigenvalue weighted by Crippen LogP contribution is 2.27. The van der Waals surface area contributed by atoms with Gasteiger partial charge in [-0.1, -0.05) is 25.0 Å². The summed E-state index contributed by atoms with van der Waals surface area (Å²) in [6.45, 7) is 5.13. The first-order chi connectivity index (χ1) is 14.8. The number of hydrogen-bond acceptors (Lipinski definition) is 7. The largest absolute Gasteiger partial charge is 0.401 e. The van der Waals surface area contributed by atoms with Crippen molar-refractivity contribution in [1.29, 1.82) is 0 Å². The number of carbonyl (C=O) groups excluding carboxylic acids is 1. The SMILES string of the molecule is C[C@H]1C[C@H](C)CN(S(=O)(=O)c2ccc(C(=O)Nc3nnc(-c4ccccn4)o3)cc2)C1. The number of carbonyl (C=O) groups is 1. The third kappa shape index (κ3) is 4.64. The second-order valence-corrected chi connectivity index (χ2v) is 9.81. The van der Waals surface area contributed by atoms with Crippen molar-refractivity contribution in [1.82, 2.24) is 19.5 Å². The summed E-state index contributed by atoms with van der Waals surface area (Å²) in [5, 5.41) is 10.2. The topological polar surface area (TPSA) is 118 Å². The Bertz CT molecular complexity index is 1150. The molecule has 1 N–H and O–H groups in total. The van der Waals surface area contributed by atoms with Gasteiger partial charge >= 0.3 is 6.01 Å². The Kier molecular flexibility index (Phi) is 5.84. The van der Waals surface area contributed by atoms with E-state index in [0.717, 1.165) is 6.42 Å².